The van der Waals surface area contributed by atoms with Crippen molar-refractivity contribution in [3.8, 4) is 0 Å². The van der Waals surface area contributed by atoms with Gasteiger partial charge in [0.05, 0.1) is 0 Å². The number of amides is 2. The van der Waals surface area contributed by atoms with Gasteiger partial charge in [0.2, 0.25) is 0 Å². The summed E-state index contributed by atoms with van der Waals surface area (Å²) in [6.45, 7) is 7.81. The van der Waals surface area contributed by atoms with Crippen LogP contribution in [0.1, 0.15) is 25.7 Å². The van der Waals surface area contributed by atoms with E-state index in [9.17, 15) is 4.79 Å². The van der Waals surface area contributed by atoms with Gasteiger partial charge in [-0.1, -0.05) is 6.42 Å². The zero-order chi connectivity index (χ0) is 16.7. The lowest BCUT2D eigenvalue weighted by molar-refractivity contribution is 0.0882. The molecule has 2 aliphatic rings. The van der Waals surface area contributed by atoms with Gasteiger partial charge in [-0.2, -0.15) is 0 Å². The van der Waals surface area contributed by atoms with Crippen LogP contribution in [0.15, 0.2) is 0 Å². The van der Waals surface area contributed by atoms with Crippen LogP contribution in [-0.4, -0.2) is 105 Å². The monoisotopic (exact) mass is 326 g/mol. The molecule has 2 fully saturated rings. The van der Waals surface area contributed by atoms with Crippen molar-refractivity contribution in [2.45, 2.75) is 31.7 Å². The van der Waals surface area contributed by atoms with Gasteiger partial charge >= 0.3 is 6.03 Å². The fraction of sp³-hybridized carbons (Fsp3) is 0.941. The Hall–Kier alpha value is -0.850. The van der Waals surface area contributed by atoms with Crippen molar-refractivity contribution in [1.29, 1.82) is 0 Å². The maximum Gasteiger partial charge on any atom is 0.319 e. The topological polar surface area (TPSA) is 39.3 Å². The quantitative estimate of drug-likeness (QED) is 0.711. The van der Waals surface area contributed by atoms with Crippen molar-refractivity contribution in [3.05, 3.63) is 0 Å². The second-order valence-electron chi connectivity index (χ2n) is 6.99. The summed E-state index contributed by atoms with van der Waals surface area (Å²) in [7, 11) is 5.81. The molecule has 134 valence electrons. The van der Waals surface area contributed by atoms with E-state index in [-0.39, 0.29) is 6.03 Å². The van der Waals surface area contributed by atoms with Gasteiger partial charge in [0.1, 0.15) is 0 Å². The lowest BCUT2D eigenvalue weighted by atomic mass is 10.1. The number of ether oxygens (including phenoxy) is 1. The predicted molar refractivity (Wildman–Crippen MR) is 92.8 cm³/mol. The van der Waals surface area contributed by atoms with Gasteiger partial charge in [-0.05, 0) is 26.3 Å². The predicted octanol–water partition coefficient (Wildman–Crippen LogP) is 1.18. The molecule has 6 nitrogen and oxygen atoms in total. The zero-order valence-electron chi connectivity index (χ0n) is 15.2. The molecule has 23 heavy (non-hydrogen) atoms. The number of piperazine rings is 1. The lowest BCUT2D eigenvalue weighted by Crippen LogP contribution is -2.53. The minimum absolute atomic E-state index is 0.183. The third-order valence-electron chi connectivity index (χ3n) is 5.14. The van der Waals surface area contributed by atoms with E-state index in [4.69, 9.17) is 4.74 Å². The van der Waals surface area contributed by atoms with Crippen LogP contribution in [0.2, 0.25) is 0 Å². The number of rotatable bonds is 5. The summed E-state index contributed by atoms with van der Waals surface area (Å²) < 4.78 is 5.08. The molecular formula is C17H34N4O2. The van der Waals surface area contributed by atoms with Gasteiger partial charge in [0, 0.05) is 72.6 Å². The van der Waals surface area contributed by atoms with Crippen LogP contribution in [0.5, 0.6) is 0 Å². The van der Waals surface area contributed by atoms with Crippen LogP contribution in [0.25, 0.3) is 0 Å². The molecule has 0 aromatic carbocycles. The average molecular weight is 326 g/mol. The third-order valence-corrected chi connectivity index (χ3v) is 5.14. The summed E-state index contributed by atoms with van der Waals surface area (Å²) in [5, 5.41) is 0. The largest absolute Gasteiger partial charge is 0.385 e. The van der Waals surface area contributed by atoms with Crippen LogP contribution >= 0.6 is 0 Å². The van der Waals surface area contributed by atoms with Crippen molar-refractivity contribution in [2.24, 2.45) is 0 Å². The smallest absolute Gasteiger partial charge is 0.319 e. The molecule has 0 aromatic heterocycles. The number of nitrogens with zero attached hydrogens (tertiary/aromatic N) is 4. The maximum absolute atomic E-state index is 12.7. The lowest BCUT2D eigenvalue weighted by Gasteiger charge is -2.39. The van der Waals surface area contributed by atoms with Crippen molar-refractivity contribution < 1.29 is 9.53 Å². The highest BCUT2D eigenvalue weighted by atomic mass is 16.5. The molecule has 2 rings (SSSR count). The highest BCUT2D eigenvalue weighted by molar-refractivity contribution is 5.74. The Bertz CT molecular complexity index is 359. The average Bonchev–Trinajstić information content (AvgIpc) is 2.81. The minimum Gasteiger partial charge on any atom is -0.385 e. The Kier molecular flexibility index (Phi) is 7.59. The molecular weight excluding hydrogens is 292 g/mol. The second-order valence-corrected chi connectivity index (χ2v) is 6.99. The van der Waals surface area contributed by atoms with Gasteiger partial charge in [-0.3, -0.25) is 4.90 Å². The molecule has 0 bridgehead atoms. The van der Waals surface area contributed by atoms with Gasteiger partial charge < -0.3 is 19.4 Å². The Morgan fingerprint density at radius 2 is 1.91 bits per heavy atom. The van der Waals surface area contributed by atoms with Crippen molar-refractivity contribution in [2.75, 3.05) is 73.6 Å². The first kappa shape index (κ1) is 18.5. The Balaban J connectivity index is 1.86. The standard InChI is InChI=1S/C17H34N4O2/c1-18-10-12-20(13-11-18)16-7-4-5-9-21(15-16)17(22)19(2)8-6-14-23-3/h16H,4-15H2,1-3H3/t16-/m0/s1. The van der Waals surface area contributed by atoms with E-state index in [2.05, 4.69) is 21.7 Å². The number of methoxy groups -OCH3 is 1. The van der Waals surface area contributed by atoms with Crippen molar-refractivity contribution in [1.82, 2.24) is 19.6 Å². The number of likely N-dealkylation sites (tertiary alicyclic amines) is 1. The highest BCUT2D eigenvalue weighted by Crippen LogP contribution is 2.18. The Morgan fingerprint density at radius 1 is 1.17 bits per heavy atom. The molecule has 2 aliphatic heterocycles. The third kappa shape index (κ3) is 5.62. The van der Waals surface area contributed by atoms with E-state index >= 15 is 0 Å². The zero-order valence-corrected chi connectivity index (χ0v) is 15.2. The van der Waals surface area contributed by atoms with Crippen LogP contribution in [0.3, 0.4) is 0 Å². The molecule has 6 heteroatoms. The summed E-state index contributed by atoms with van der Waals surface area (Å²) in [4.78, 5) is 21.6. The van der Waals surface area contributed by atoms with Gasteiger partial charge in [-0.25, -0.2) is 4.79 Å². The second kappa shape index (κ2) is 9.45. The fourth-order valence-corrected chi connectivity index (χ4v) is 3.56. The van der Waals surface area contributed by atoms with Crippen molar-refractivity contribution >= 4 is 6.03 Å². The molecule has 0 spiro atoms. The summed E-state index contributed by atoms with van der Waals surface area (Å²) >= 11 is 0. The first-order chi connectivity index (χ1) is 11.1. The molecule has 0 N–H and O–H groups in total. The number of hydrogen-bond acceptors (Lipinski definition) is 4. The van der Waals surface area contributed by atoms with Gasteiger partial charge in [-0.15, -0.1) is 0 Å². The first-order valence-corrected chi connectivity index (χ1v) is 9.03. The van der Waals surface area contributed by atoms with Crippen LogP contribution in [0, 0.1) is 0 Å². The molecule has 2 saturated heterocycles. The highest BCUT2D eigenvalue weighted by Gasteiger charge is 2.29. The van der Waals surface area contributed by atoms with E-state index in [0.717, 1.165) is 58.7 Å². The van der Waals surface area contributed by atoms with E-state index in [0.29, 0.717) is 12.6 Å². The first-order valence-electron chi connectivity index (χ1n) is 9.03. The number of carbonyl (C=O) groups is 1. The summed E-state index contributed by atoms with van der Waals surface area (Å²) in [6.07, 6.45) is 4.48. The Labute approximate surface area is 141 Å². The Morgan fingerprint density at radius 3 is 2.61 bits per heavy atom. The van der Waals surface area contributed by atoms with Crippen LogP contribution in [0.4, 0.5) is 4.79 Å². The van der Waals surface area contributed by atoms with E-state index in [1.165, 1.54) is 12.8 Å². The number of likely N-dealkylation sites (N-methyl/N-ethyl adjacent to an activating group) is 1. The molecule has 2 amide bonds. The van der Waals surface area contributed by atoms with Crippen molar-refractivity contribution in [3.63, 3.8) is 0 Å². The van der Waals surface area contributed by atoms with E-state index in [1.54, 1.807) is 7.11 Å². The molecule has 0 aliphatic carbocycles. The number of hydrogen-bond donors (Lipinski definition) is 0. The number of urea groups is 1. The fourth-order valence-electron chi connectivity index (χ4n) is 3.56. The van der Waals surface area contributed by atoms with E-state index < -0.39 is 0 Å². The molecule has 0 saturated carbocycles. The summed E-state index contributed by atoms with van der Waals surface area (Å²) in [5.41, 5.74) is 0. The van der Waals surface area contributed by atoms with Crippen LogP contribution < -0.4 is 0 Å². The van der Waals surface area contributed by atoms with Crippen LogP contribution in [-0.2, 0) is 4.74 Å². The van der Waals surface area contributed by atoms with Gasteiger partial charge in [0.15, 0.2) is 0 Å². The molecule has 1 atom stereocenters. The van der Waals surface area contributed by atoms with Gasteiger partial charge in [0.25, 0.3) is 0 Å². The maximum atomic E-state index is 12.7. The normalized spacial score (nSPS) is 24.5. The SMILES string of the molecule is COCCCN(C)C(=O)N1CCCC[C@H](N2CCN(C)CC2)C1. The summed E-state index contributed by atoms with van der Waals surface area (Å²) in [5.74, 6) is 0. The number of carbonyl (C=O) groups excluding carboxylic acids is 1. The molecule has 0 aromatic rings. The summed E-state index contributed by atoms with van der Waals surface area (Å²) in [6, 6.07) is 0.713. The minimum atomic E-state index is 0.183. The molecule has 0 unspecified atom stereocenters. The van der Waals surface area contributed by atoms with E-state index in [1.807, 2.05) is 11.9 Å². The molecule has 2 heterocycles. The molecule has 0 radical (unpaired) electrons.